The van der Waals surface area contributed by atoms with Crippen molar-refractivity contribution in [3.63, 3.8) is 0 Å². The molecule has 2 unspecified atom stereocenters. The second-order valence-electron chi connectivity index (χ2n) is 5.35. The smallest absolute Gasteiger partial charge is 0.123 e. The van der Waals surface area contributed by atoms with Gasteiger partial charge in [-0.2, -0.15) is 0 Å². The zero-order chi connectivity index (χ0) is 13.0. The lowest BCUT2D eigenvalue weighted by molar-refractivity contribution is 0.0896. The van der Waals surface area contributed by atoms with E-state index >= 15 is 0 Å². The molecule has 0 aliphatic heterocycles. The zero-order valence-corrected chi connectivity index (χ0v) is 13.0. The molecule has 0 N–H and O–H groups in total. The van der Waals surface area contributed by atoms with Crippen LogP contribution in [0, 0.1) is 12.8 Å². The third-order valence-corrected chi connectivity index (χ3v) is 4.61. The number of ether oxygens (including phenoxy) is 1. The highest BCUT2D eigenvalue weighted by Crippen LogP contribution is 2.32. The topological polar surface area (TPSA) is 9.23 Å². The molecule has 100 valence electrons. The van der Waals surface area contributed by atoms with Gasteiger partial charge in [0.25, 0.3) is 0 Å². The number of benzene rings is 1. The summed E-state index contributed by atoms with van der Waals surface area (Å²) in [7, 11) is 0. The molecule has 18 heavy (non-hydrogen) atoms. The second kappa shape index (κ2) is 6.60. The molecule has 0 heterocycles. The van der Waals surface area contributed by atoms with Gasteiger partial charge < -0.3 is 4.74 Å². The van der Waals surface area contributed by atoms with Crippen LogP contribution in [0.2, 0.25) is 0 Å². The maximum Gasteiger partial charge on any atom is 0.123 e. The number of aryl methyl sites for hydroxylation is 1. The third-order valence-electron chi connectivity index (χ3n) is 4.00. The Hall–Kier alpha value is -0.500. The molecule has 1 saturated carbocycles. The van der Waals surface area contributed by atoms with Gasteiger partial charge in [-0.15, -0.1) is 0 Å². The quantitative estimate of drug-likeness (QED) is 0.691. The Bertz CT molecular complexity index is 389. The summed E-state index contributed by atoms with van der Waals surface area (Å²) in [5.41, 5.74) is 2.57. The normalized spacial score (nSPS) is 23.9. The molecule has 1 aromatic rings. The molecule has 0 aromatic heterocycles. The van der Waals surface area contributed by atoms with Crippen molar-refractivity contribution in [2.75, 3.05) is 0 Å². The summed E-state index contributed by atoms with van der Waals surface area (Å²) < 4.78 is 6.31. The summed E-state index contributed by atoms with van der Waals surface area (Å²) in [6.07, 6.45) is 6.89. The standard InChI is InChI=1S/C16H23BrO/c1-3-13-6-4-5-7-15(13)18-16-9-8-12(2)10-14(16)11-17/h8-10,13,15H,3-7,11H2,1-2H3. The van der Waals surface area contributed by atoms with Crippen molar-refractivity contribution in [3.8, 4) is 5.75 Å². The minimum absolute atomic E-state index is 0.421. The SMILES string of the molecule is CCC1CCCCC1Oc1ccc(C)cc1CBr. The molecule has 2 heteroatoms. The van der Waals surface area contributed by atoms with Crippen molar-refractivity contribution in [1.29, 1.82) is 0 Å². The van der Waals surface area contributed by atoms with Crippen molar-refractivity contribution in [1.82, 2.24) is 0 Å². The van der Waals surface area contributed by atoms with Gasteiger partial charge in [-0.1, -0.05) is 47.0 Å². The summed E-state index contributed by atoms with van der Waals surface area (Å²) in [6, 6.07) is 6.49. The molecule has 0 radical (unpaired) electrons. The van der Waals surface area contributed by atoms with Crippen molar-refractivity contribution in [2.45, 2.75) is 57.4 Å². The van der Waals surface area contributed by atoms with Gasteiger partial charge in [0, 0.05) is 10.9 Å². The lowest BCUT2D eigenvalue weighted by atomic mass is 9.84. The lowest BCUT2D eigenvalue weighted by Gasteiger charge is -2.31. The second-order valence-corrected chi connectivity index (χ2v) is 5.91. The first-order valence-corrected chi connectivity index (χ1v) is 8.19. The molecular formula is C16H23BrO. The van der Waals surface area contributed by atoms with E-state index in [1.807, 2.05) is 0 Å². The number of alkyl halides is 1. The first kappa shape index (κ1) is 13.9. The fourth-order valence-corrected chi connectivity index (χ4v) is 3.32. The molecule has 2 rings (SSSR count). The minimum atomic E-state index is 0.421. The van der Waals surface area contributed by atoms with Crippen LogP contribution in [-0.4, -0.2) is 6.10 Å². The van der Waals surface area contributed by atoms with Crippen LogP contribution in [0.1, 0.15) is 50.2 Å². The van der Waals surface area contributed by atoms with Crippen LogP contribution < -0.4 is 4.74 Å². The van der Waals surface area contributed by atoms with Crippen LogP contribution in [0.25, 0.3) is 0 Å². The maximum atomic E-state index is 6.31. The van der Waals surface area contributed by atoms with Gasteiger partial charge in [-0.05, 0) is 44.6 Å². The molecule has 0 bridgehead atoms. The average molecular weight is 311 g/mol. The first-order valence-electron chi connectivity index (χ1n) is 7.06. The van der Waals surface area contributed by atoms with Crippen LogP contribution >= 0.6 is 15.9 Å². The van der Waals surface area contributed by atoms with Gasteiger partial charge in [-0.3, -0.25) is 0 Å². The highest BCUT2D eigenvalue weighted by molar-refractivity contribution is 9.08. The Kier molecular flexibility index (Phi) is 5.11. The van der Waals surface area contributed by atoms with Crippen molar-refractivity contribution < 1.29 is 4.74 Å². The largest absolute Gasteiger partial charge is 0.490 e. The number of halogens is 1. The monoisotopic (exact) mass is 310 g/mol. The van der Waals surface area contributed by atoms with Crippen LogP contribution in [-0.2, 0) is 5.33 Å². The van der Waals surface area contributed by atoms with E-state index in [0.29, 0.717) is 6.10 Å². The lowest BCUT2D eigenvalue weighted by Crippen LogP contribution is -2.30. The highest BCUT2D eigenvalue weighted by atomic mass is 79.9. The predicted molar refractivity (Wildman–Crippen MR) is 80.5 cm³/mol. The fourth-order valence-electron chi connectivity index (χ4n) is 2.89. The number of hydrogen-bond donors (Lipinski definition) is 0. The fraction of sp³-hybridized carbons (Fsp3) is 0.625. The molecule has 1 aliphatic carbocycles. The maximum absolute atomic E-state index is 6.31. The van der Waals surface area contributed by atoms with Crippen LogP contribution in [0.4, 0.5) is 0 Å². The van der Waals surface area contributed by atoms with Gasteiger partial charge in [-0.25, -0.2) is 0 Å². The van der Waals surface area contributed by atoms with Crippen LogP contribution in [0.15, 0.2) is 18.2 Å². The van der Waals surface area contributed by atoms with Gasteiger partial charge in [0.1, 0.15) is 11.9 Å². The van der Waals surface area contributed by atoms with Gasteiger partial charge >= 0.3 is 0 Å². The van der Waals surface area contributed by atoms with E-state index in [-0.39, 0.29) is 0 Å². The molecule has 1 fully saturated rings. The first-order chi connectivity index (χ1) is 8.74. The summed E-state index contributed by atoms with van der Waals surface area (Å²) >= 11 is 3.56. The van der Waals surface area contributed by atoms with Gasteiger partial charge in [0.15, 0.2) is 0 Å². The van der Waals surface area contributed by atoms with Crippen molar-refractivity contribution >= 4 is 15.9 Å². The molecule has 2 atom stereocenters. The van der Waals surface area contributed by atoms with Crippen molar-refractivity contribution in [3.05, 3.63) is 29.3 Å². The van der Waals surface area contributed by atoms with E-state index in [1.54, 1.807) is 0 Å². The summed E-state index contributed by atoms with van der Waals surface area (Å²) in [4.78, 5) is 0. The Balaban J connectivity index is 2.12. The predicted octanol–water partition coefficient (Wildman–Crippen LogP) is 5.24. The Morgan fingerprint density at radius 1 is 1.28 bits per heavy atom. The third kappa shape index (κ3) is 3.28. The number of rotatable bonds is 4. The molecule has 1 aromatic carbocycles. The molecule has 0 amide bonds. The van der Waals surface area contributed by atoms with Crippen molar-refractivity contribution in [2.24, 2.45) is 5.92 Å². The molecule has 0 spiro atoms. The Morgan fingerprint density at radius 3 is 2.78 bits per heavy atom. The Labute approximate surface area is 119 Å². The van der Waals surface area contributed by atoms with Gasteiger partial charge in [0.05, 0.1) is 0 Å². The molecule has 1 aliphatic rings. The summed E-state index contributed by atoms with van der Waals surface area (Å²) in [5.74, 6) is 1.81. The molecule has 0 saturated heterocycles. The van der Waals surface area contributed by atoms with E-state index in [4.69, 9.17) is 4.74 Å². The number of hydrogen-bond acceptors (Lipinski definition) is 1. The average Bonchev–Trinajstić information content (AvgIpc) is 2.41. The van der Waals surface area contributed by atoms with E-state index in [1.165, 1.54) is 43.2 Å². The van der Waals surface area contributed by atoms with Crippen LogP contribution in [0.3, 0.4) is 0 Å². The molecule has 1 nitrogen and oxygen atoms in total. The zero-order valence-electron chi connectivity index (χ0n) is 11.4. The van der Waals surface area contributed by atoms with E-state index in [2.05, 4.69) is 48.0 Å². The minimum Gasteiger partial charge on any atom is -0.490 e. The Morgan fingerprint density at radius 2 is 2.06 bits per heavy atom. The summed E-state index contributed by atoms with van der Waals surface area (Å²) in [5, 5.41) is 0.869. The summed E-state index contributed by atoms with van der Waals surface area (Å²) in [6.45, 7) is 4.41. The van der Waals surface area contributed by atoms with Gasteiger partial charge in [0.2, 0.25) is 0 Å². The molecular weight excluding hydrogens is 288 g/mol. The van der Waals surface area contributed by atoms with E-state index in [0.717, 1.165) is 17.0 Å². The van der Waals surface area contributed by atoms with Crippen LogP contribution in [0.5, 0.6) is 5.75 Å². The van der Waals surface area contributed by atoms with E-state index in [9.17, 15) is 0 Å². The van der Waals surface area contributed by atoms with E-state index < -0.39 is 0 Å². The highest BCUT2D eigenvalue weighted by Gasteiger charge is 2.25.